The quantitative estimate of drug-likeness (QED) is 0.351. The summed E-state index contributed by atoms with van der Waals surface area (Å²) in [4.78, 5) is 34.6. The first-order chi connectivity index (χ1) is 14.2. The number of ether oxygens (including phenoxy) is 3. The molecule has 0 unspecified atom stereocenters. The summed E-state index contributed by atoms with van der Waals surface area (Å²) in [6.45, 7) is 8.49. The molecule has 0 radical (unpaired) electrons. The minimum atomic E-state index is -0.309. The van der Waals surface area contributed by atoms with E-state index in [0.29, 0.717) is 25.0 Å². The molecular weight excluding hydrogens is 384 g/mol. The lowest BCUT2D eigenvalue weighted by Gasteiger charge is -2.59. The lowest BCUT2D eigenvalue weighted by molar-refractivity contribution is -0.153. The van der Waals surface area contributed by atoms with Gasteiger partial charge in [0.25, 0.3) is 0 Å². The normalized spacial score (nSPS) is 33.1. The van der Waals surface area contributed by atoms with Crippen LogP contribution in [0.3, 0.4) is 0 Å². The molecule has 1 fully saturated rings. The highest BCUT2D eigenvalue weighted by Crippen LogP contribution is 2.62. The van der Waals surface area contributed by atoms with E-state index in [0.717, 1.165) is 49.7 Å². The number of fused-ring (bicyclic) bond motifs is 1. The highest BCUT2D eigenvalue weighted by Gasteiger charge is 2.56. The van der Waals surface area contributed by atoms with Crippen LogP contribution >= 0.6 is 0 Å². The average molecular weight is 419 g/mol. The third kappa shape index (κ3) is 4.47. The van der Waals surface area contributed by atoms with Crippen LogP contribution in [0.5, 0.6) is 0 Å². The predicted octanol–water partition coefficient (Wildman–Crippen LogP) is 4.14. The molecule has 6 nitrogen and oxygen atoms in total. The Hall–Kier alpha value is -2.11. The molecule has 0 spiro atoms. The van der Waals surface area contributed by atoms with Crippen molar-refractivity contribution in [3.8, 4) is 0 Å². The molecule has 1 aliphatic heterocycles. The van der Waals surface area contributed by atoms with Gasteiger partial charge in [-0.25, -0.2) is 4.79 Å². The van der Waals surface area contributed by atoms with Crippen LogP contribution in [0.4, 0.5) is 0 Å². The molecule has 0 aromatic heterocycles. The largest absolute Gasteiger partial charge is 0.465 e. The molecule has 6 heteroatoms. The smallest absolute Gasteiger partial charge is 0.331 e. The van der Waals surface area contributed by atoms with E-state index in [1.165, 1.54) is 13.8 Å². The maximum atomic E-state index is 11.7. The molecule has 30 heavy (non-hydrogen) atoms. The van der Waals surface area contributed by atoms with Crippen molar-refractivity contribution in [3.63, 3.8) is 0 Å². The third-order valence-corrected chi connectivity index (χ3v) is 7.77. The zero-order valence-electron chi connectivity index (χ0n) is 18.6. The van der Waals surface area contributed by atoms with Gasteiger partial charge in [-0.1, -0.05) is 19.9 Å². The van der Waals surface area contributed by atoms with Gasteiger partial charge in [-0.3, -0.25) is 9.59 Å². The fourth-order valence-corrected chi connectivity index (χ4v) is 5.86. The van der Waals surface area contributed by atoms with Crippen molar-refractivity contribution in [3.05, 3.63) is 23.3 Å². The van der Waals surface area contributed by atoms with Crippen LogP contribution in [0.2, 0.25) is 0 Å². The van der Waals surface area contributed by atoms with Crippen LogP contribution in [-0.2, 0) is 28.6 Å². The molecule has 2 aliphatic carbocycles. The highest BCUT2D eigenvalue weighted by molar-refractivity contribution is 5.85. The average Bonchev–Trinajstić information content (AvgIpc) is 3.12. The van der Waals surface area contributed by atoms with Gasteiger partial charge in [0, 0.05) is 25.3 Å². The molecule has 1 heterocycles. The summed E-state index contributed by atoms with van der Waals surface area (Å²) in [5, 5.41) is 0. The Morgan fingerprint density at radius 3 is 2.57 bits per heavy atom. The second-order valence-electron chi connectivity index (χ2n) is 9.43. The van der Waals surface area contributed by atoms with Gasteiger partial charge in [-0.15, -0.1) is 0 Å². The fourth-order valence-electron chi connectivity index (χ4n) is 5.86. The first-order valence-electron chi connectivity index (χ1n) is 11.0. The molecule has 0 saturated heterocycles. The monoisotopic (exact) mass is 418 g/mol. The molecular formula is C24H34O6. The van der Waals surface area contributed by atoms with Crippen molar-refractivity contribution < 1.29 is 28.6 Å². The Bertz CT molecular complexity index is 766. The zero-order valence-corrected chi connectivity index (χ0v) is 18.6. The number of rotatable bonds is 7. The molecule has 0 bridgehead atoms. The summed E-state index contributed by atoms with van der Waals surface area (Å²) in [6.07, 6.45) is 9.45. The van der Waals surface area contributed by atoms with Crippen LogP contribution in [0.1, 0.15) is 66.2 Å². The first-order valence-corrected chi connectivity index (χ1v) is 11.0. The standard InChI is InChI=1S/C24H34O6/c1-16-8-11-24(15-30-18(3)26)20(14-28-17(2)25)6-5-7-21(24)23(16,4)10-9-19-12-22(27)29-13-19/h6,12,16,21H,5,7-11,13-15H2,1-4H3/t16-,21-,23+,24-/m0/s1. The predicted molar refractivity (Wildman–Crippen MR) is 111 cm³/mol. The Morgan fingerprint density at radius 1 is 1.20 bits per heavy atom. The van der Waals surface area contributed by atoms with E-state index in [4.69, 9.17) is 14.2 Å². The van der Waals surface area contributed by atoms with Gasteiger partial charge in [0.15, 0.2) is 0 Å². The number of esters is 3. The number of cyclic esters (lactones) is 1. The second-order valence-corrected chi connectivity index (χ2v) is 9.43. The van der Waals surface area contributed by atoms with Crippen LogP contribution in [0.15, 0.2) is 23.3 Å². The van der Waals surface area contributed by atoms with E-state index in [1.807, 2.05) is 0 Å². The van der Waals surface area contributed by atoms with E-state index in [-0.39, 0.29) is 35.3 Å². The van der Waals surface area contributed by atoms with E-state index in [9.17, 15) is 14.4 Å². The maximum Gasteiger partial charge on any atom is 0.331 e. The Morgan fingerprint density at radius 2 is 1.93 bits per heavy atom. The number of carbonyl (C=O) groups excluding carboxylic acids is 3. The summed E-state index contributed by atoms with van der Waals surface area (Å²) in [5.74, 6) is -0.0275. The van der Waals surface area contributed by atoms with Gasteiger partial charge in [0.2, 0.25) is 0 Å². The molecule has 0 amide bonds. The summed E-state index contributed by atoms with van der Waals surface area (Å²) < 4.78 is 16.1. The Labute approximate surface area is 179 Å². The summed E-state index contributed by atoms with van der Waals surface area (Å²) in [7, 11) is 0. The van der Waals surface area contributed by atoms with Gasteiger partial charge in [0.05, 0.1) is 0 Å². The third-order valence-electron chi connectivity index (χ3n) is 7.77. The van der Waals surface area contributed by atoms with Crippen molar-refractivity contribution in [1.82, 2.24) is 0 Å². The fraction of sp³-hybridized carbons (Fsp3) is 0.708. The Balaban J connectivity index is 1.90. The van der Waals surface area contributed by atoms with E-state index in [1.54, 1.807) is 6.08 Å². The summed E-state index contributed by atoms with van der Waals surface area (Å²) in [5.41, 5.74) is 1.85. The van der Waals surface area contributed by atoms with Crippen molar-refractivity contribution in [2.75, 3.05) is 19.8 Å². The molecule has 1 saturated carbocycles. The zero-order chi connectivity index (χ0) is 21.9. The number of carbonyl (C=O) groups is 3. The van der Waals surface area contributed by atoms with E-state index < -0.39 is 0 Å². The van der Waals surface area contributed by atoms with E-state index in [2.05, 4.69) is 19.9 Å². The molecule has 166 valence electrons. The molecule has 0 aromatic carbocycles. The topological polar surface area (TPSA) is 78.9 Å². The van der Waals surface area contributed by atoms with Crippen molar-refractivity contribution in [1.29, 1.82) is 0 Å². The minimum absolute atomic E-state index is 0.0145. The number of hydrogen-bond donors (Lipinski definition) is 0. The molecule has 0 aromatic rings. The molecule has 4 atom stereocenters. The Kier molecular flexibility index (Phi) is 6.73. The van der Waals surface area contributed by atoms with Crippen LogP contribution in [0.25, 0.3) is 0 Å². The molecule has 3 aliphatic rings. The van der Waals surface area contributed by atoms with Crippen molar-refractivity contribution in [2.24, 2.45) is 22.7 Å². The second kappa shape index (κ2) is 8.94. The minimum Gasteiger partial charge on any atom is -0.465 e. The van der Waals surface area contributed by atoms with Gasteiger partial charge in [-0.2, -0.15) is 0 Å². The summed E-state index contributed by atoms with van der Waals surface area (Å²) in [6, 6.07) is 0. The van der Waals surface area contributed by atoms with Gasteiger partial charge < -0.3 is 14.2 Å². The summed E-state index contributed by atoms with van der Waals surface area (Å²) >= 11 is 0. The van der Waals surface area contributed by atoms with E-state index >= 15 is 0 Å². The lowest BCUT2D eigenvalue weighted by atomic mass is 9.46. The lowest BCUT2D eigenvalue weighted by Crippen LogP contribution is -2.54. The van der Waals surface area contributed by atoms with Gasteiger partial charge >= 0.3 is 17.9 Å². The maximum absolute atomic E-state index is 11.7. The van der Waals surface area contributed by atoms with Crippen LogP contribution in [-0.4, -0.2) is 37.7 Å². The highest BCUT2D eigenvalue weighted by atomic mass is 16.5. The molecule has 0 N–H and O–H groups in total. The number of hydrogen-bond acceptors (Lipinski definition) is 6. The van der Waals surface area contributed by atoms with Crippen LogP contribution in [0, 0.1) is 22.7 Å². The van der Waals surface area contributed by atoms with Crippen molar-refractivity contribution >= 4 is 17.9 Å². The first kappa shape index (κ1) is 22.6. The van der Waals surface area contributed by atoms with Gasteiger partial charge in [0.1, 0.15) is 19.8 Å². The molecule has 3 rings (SSSR count). The van der Waals surface area contributed by atoms with Crippen LogP contribution < -0.4 is 0 Å². The van der Waals surface area contributed by atoms with Gasteiger partial charge in [-0.05, 0) is 66.9 Å². The SMILES string of the molecule is CC(=O)OCC1=CCC[C@@H]2[C@]1(COC(C)=O)CC[C@H](C)[C@@]2(C)CCC1=CC(=O)OC1. The number of allylic oxidation sites excluding steroid dienone is 1. The van der Waals surface area contributed by atoms with Crippen molar-refractivity contribution in [2.45, 2.75) is 66.2 Å².